The van der Waals surface area contributed by atoms with Crippen molar-refractivity contribution >= 4 is 23.5 Å². The summed E-state index contributed by atoms with van der Waals surface area (Å²) in [6, 6.07) is 16.0. The van der Waals surface area contributed by atoms with Gasteiger partial charge in [0.15, 0.2) is 12.6 Å². The number of carbonyl (C=O) groups is 1. The Bertz CT molecular complexity index is 1370. The quantitative estimate of drug-likeness (QED) is 0.418. The molecule has 3 aliphatic rings. The fourth-order valence-corrected chi connectivity index (χ4v) is 5.14. The van der Waals surface area contributed by atoms with Gasteiger partial charge in [0.1, 0.15) is 24.0 Å². The maximum Gasteiger partial charge on any atom is 0.232 e. The predicted octanol–water partition coefficient (Wildman–Crippen LogP) is 6.04. The van der Waals surface area contributed by atoms with E-state index in [0.717, 1.165) is 22.4 Å². The standard InChI is InChI=1S/C28H24ClNO5/c1-16-8-23-22(12-30(14-33-23)17(2)18-6-4-3-5-7-18)28-25(16)26(31)24(35-28)11-19-9-21(29)10-20-13-32-15-34-27(19)20/h3-11,17H,12-15H2,1-2H3/b24-11-. The topological polar surface area (TPSA) is 57.2 Å². The number of halogens is 1. The first-order valence-corrected chi connectivity index (χ1v) is 11.9. The molecule has 3 aliphatic heterocycles. The van der Waals surface area contributed by atoms with Gasteiger partial charge in [-0.2, -0.15) is 0 Å². The molecule has 0 aliphatic carbocycles. The van der Waals surface area contributed by atoms with E-state index in [1.54, 1.807) is 12.1 Å². The van der Waals surface area contributed by atoms with Gasteiger partial charge in [0, 0.05) is 28.7 Å². The van der Waals surface area contributed by atoms with Gasteiger partial charge in [0.05, 0.1) is 17.7 Å². The molecule has 3 heterocycles. The van der Waals surface area contributed by atoms with Crippen LogP contribution in [0.4, 0.5) is 0 Å². The molecule has 7 heteroatoms. The van der Waals surface area contributed by atoms with E-state index in [1.165, 1.54) is 5.56 Å². The summed E-state index contributed by atoms with van der Waals surface area (Å²) < 4.78 is 23.4. The number of rotatable bonds is 3. The maximum atomic E-state index is 13.5. The van der Waals surface area contributed by atoms with Gasteiger partial charge < -0.3 is 18.9 Å². The fraction of sp³-hybridized carbons (Fsp3) is 0.250. The van der Waals surface area contributed by atoms with Gasteiger partial charge in [-0.1, -0.05) is 41.9 Å². The van der Waals surface area contributed by atoms with Crippen LogP contribution in [0.15, 0.2) is 54.3 Å². The number of carbonyl (C=O) groups excluding carboxylic acids is 1. The smallest absolute Gasteiger partial charge is 0.232 e. The van der Waals surface area contributed by atoms with Crippen LogP contribution in [-0.2, 0) is 17.9 Å². The molecular formula is C28H24ClNO5. The molecule has 0 saturated heterocycles. The van der Waals surface area contributed by atoms with Crippen molar-refractivity contribution in [1.82, 2.24) is 4.90 Å². The van der Waals surface area contributed by atoms with Crippen molar-refractivity contribution in [3.05, 3.63) is 92.7 Å². The van der Waals surface area contributed by atoms with Gasteiger partial charge in [0.2, 0.25) is 5.78 Å². The van der Waals surface area contributed by atoms with Crippen molar-refractivity contribution < 1.29 is 23.7 Å². The Morgan fingerprint density at radius 1 is 1.09 bits per heavy atom. The highest BCUT2D eigenvalue weighted by Gasteiger charge is 2.36. The molecule has 0 saturated carbocycles. The Hall–Kier alpha value is -3.32. The second-order valence-corrected chi connectivity index (χ2v) is 9.45. The average Bonchev–Trinajstić information content (AvgIpc) is 3.20. The summed E-state index contributed by atoms with van der Waals surface area (Å²) in [7, 11) is 0. The molecule has 3 aromatic carbocycles. The third kappa shape index (κ3) is 3.88. The van der Waals surface area contributed by atoms with Crippen molar-refractivity contribution in [2.45, 2.75) is 33.0 Å². The summed E-state index contributed by atoms with van der Waals surface area (Å²) in [6.07, 6.45) is 1.71. The van der Waals surface area contributed by atoms with E-state index in [9.17, 15) is 4.79 Å². The minimum Gasteiger partial charge on any atom is -0.478 e. The number of benzene rings is 3. The summed E-state index contributed by atoms with van der Waals surface area (Å²) >= 11 is 6.32. The second-order valence-electron chi connectivity index (χ2n) is 9.01. The van der Waals surface area contributed by atoms with E-state index in [-0.39, 0.29) is 24.4 Å². The molecule has 0 N–H and O–H groups in total. The summed E-state index contributed by atoms with van der Waals surface area (Å²) in [5.74, 6) is 2.07. The minimum absolute atomic E-state index is 0.144. The monoisotopic (exact) mass is 489 g/mol. The highest BCUT2D eigenvalue weighted by atomic mass is 35.5. The molecule has 3 aromatic rings. The maximum absolute atomic E-state index is 13.5. The number of nitrogens with zero attached hydrogens (tertiary/aromatic N) is 1. The Morgan fingerprint density at radius 3 is 2.74 bits per heavy atom. The summed E-state index contributed by atoms with van der Waals surface area (Å²) in [4.78, 5) is 15.7. The zero-order chi connectivity index (χ0) is 24.1. The molecule has 178 valence electrons. The molecule has 35 heavy (non-hydrogen) atoms. The Morgan fingerprint density at radius 2 is 1.91 bits per heavy atom. The molecule has 1 atom stereocenters. The lowest BCUT2D eigenvalue weighted by Gasteiger charge is -2.34. The molecular weight excluding hydrogens is 466 g/mol. The highest BCUT2D eigenvalue weighted by Crippen LogP contribution is 2.45. The van der Waals surface area contributed by atoms with Crippen molar-refractivity contribution in [1.29, 1.82) is 0 Å². The van der Waals surface area contributed by atoms with Crippen molar-refractivity contribution in [2.24, 2.45) is 0 Å². The number of allylic oxidation sites excluding steroid dienone is 1. The number of aryl methyl sites for hydroxylation is 1. The predicted molar refractivity (Wildman–Crippen MR) is 132 cm³/mol. The lowest BCUT2D eigenvalue weighted by Crippen LogP contribution is -2.34. The Balaban J connectivity index is 1.36. The first-order valence-electron chi connectivity index (χ1n) is 11.5. The van der Waals surface area contributed by atoms with Gasteiger partial charge in [-0.25, -0.2) is 0 Å². The Kier molecular flexibility index (Phi) is 5.52. The van der Waals surface area contributed by atoms with E-state index < -0.39 is 0 Å². The van der Waals surface area contributed by atoms with Crippen LogP contribution in [0.5, 0.6) is 17.2 Å². The number of ether oxygens (including phenoxy) is 4. The van der Waals surface area contributed by atoms with E-state index in [1.807, 2.05) is 37.3 Å². The van der Waals surface area contributed by atoms with Gasteiger partial charge >= 0.3 is 0 Å². The molecule has 6 rings (SSSR count). The zero-order valence-corrected chi connectivity index (χ0v) is 20.2. The van der Waals surface area contributed by atoms with Crippen LogP contribution >= 0.6 is 11.6 Å². The lowest BCUT2D eigenvalue weighted by atomic mass is 9.97. The van der Waals surface area contributed by atoms with Gasteiger partial charge in [-0.15, -0.1) is 0 Å². The fourth-order valence-electron chi connectivity index (χ4n) is 4.89. The summed E-state index contributed by atoms with van der Waals surface area (Å²) in [6.45, 7) is 5.70. The van der Waals surface area contributed by atoms with E-state index in [2.05, 4.69) is 24.0 Å². The number of ketones is 1. The van der Waals surface area contributed by atoms with Crippen LogP contribution in [0.25, 0.3) is 6.08 Å². The number of hydrogen-bond acceptors (Lipinski definition) is 6. The minimum atomic E-state index is -0.158. The van der Waals surface area contributed by atoms with Crippen LogP contribution < -0.4 is 14.2 Å². The first-order chi connectivity index (χ1) is 17.0. The zero-order valence-electron chi connectivity index (χ0n) is 19.5. The summed E-state index contributed by atoms with van der Waals surface area (Å²) in [5, 5.41) is 0.542. The molecule has 0 bridgehead atoms. The van der Waals surface area contributed by atoms with E-state index in [0.29, 0.717) is 47.5 Å². The van der Waals surface area contributed by atoms with Crippen LogP contribution in [0, 0.1) is 6.92 Å². The van der Waals surface area contributed by atoms with Crippen LogP contribution in [0.1, 0.15) is 51.1 Å². The van der Waals surface area contributed by atoms with Gasteiger partial charge in [-0.05, 0) is 49.2 Å². The van der Waals surface area contributed by atoms with Crippen molar-refractivity contribution in [3.8, 4) is 17.2 Å². The van der Waals surface area contributed by atoms with Gasteiger partial charge in [0.25, 0.3) is 0 Å². The van der Waals surface area contributed by atoms with E-state index in [4.69, 9.17) is 30.5 Å². The molecule has 6 nitrogen and oxygen atoms in total. The molecule has 0 fully saturated rings. The van der Waals surface area contributed by atoms with Crippen molar-refractivity contribution in [2.75, 3.05) is 13.5 Å². The highest BCUT2D eigenvalue weighted by molar-refractivity contribution is 6.31. The molecule has 0 amide bonds. The second kappa shape index (κ2) is 8.72. The van der Waals surface area contributed by atoms with E-state index >= 15 is 0 Å². The van der Waals surface area contributed by atoms with Crippen LogP contribution in [0.3, 0.4) is 0 Å². The normalized spacial score (nSPS) is 18.7. The third-order valence-electron chi connectivity index (χ3n) is 6.77. The van der Waals surface area contributed by atoms with Crippen LogP contribution in [-0.4, -0.2) is 24.2 Å². The first kappa shape index (κ1) is 22.2. The van der Waals surface area contributed by atoms with Crippen molar-refractivity contribution in [3.63, 3.8) is 0 Å². The number of hydrogen-bond donors (Lipinski definition) is 0. The molecule has 1 unspecified atom stereocenters. The average molecular weight is 490 g/mol. The largest absolute Gasteiger partial charge is 0.478 e. The molecule has 0 radical (unpaired) electrons. The Labute approximate surface area is 208 Å². The summed E-state index contributed by atoms with van der Waals surface area (Å²) in [5.41, 5.74) is 5.02. The molecule has 0 aromatic heterocycles. The third-order valence-corrected chi connectivity index (χ3v) is 6.99. The van der Waals surface area contributed by atoms with Gasteiger partial charge in [-0.3, -0.25) is 9.69 Å². The SMILES string of the molecule is Cc1cc2c(c3c1C(=O)/C(=C/c1cc(Cl)cc4c1OCOC4)O3)CN(C(C)c1ccccc1)CO2. The number of fused-ring (bicyclic) bond motifs is 4. The molecule has 0 spiro atoms. The number of Topliss-reactive ketones (excluding diaryl/α,β-unsaturated/α-hetero) is 1. The lowest BCUT2D eigenvalue weighted by molar-refractivity contribution is -0.0165. The van der Waals surface area contributed by atoms with Crippen LogP contribution in [0.2, 0.25) is 5.02 Å².